The fourth-order valence-corrected chi connectivity index (χ4v) is 1.71. The first-order valence-electron chi connectivity index (χ1n) is 4.09. The summed E-state index contributed by atoms with van der Waals surface area (Å²) in [5, 5.41) is 14.4. The van der Waals surface area contributed by atoms with Crippen molar-refractivity contribution in [2.75, 3.05) is 18.1 Å². The SMILES string of the molecule is CSC(C)CNc1nc(C(=O)O)cs1. The van der Waals surface area contributed by atoms with Crippen LogP contribution in [0, 0.1) is 0 Å². The Morgan fingerprint density at radius 2 is 2.57 bits per heavy atom. The van der Waals surface area contributed by atoms with Gasteiger partial charge in [-0.1, -0.05) is 6.92 Å². The van der Waals surface area contributed by atoms with Crippen LogP contribution in [0.25, 0.3) is 0 Å². The molecule has 0 aliphatic rings. The van der Waals surface area contributed by atoms with Crippen molar-refractivity contribution < 1.29 is 9.90 Å². The van der Waals surface area contributed by atoms with E-state index in [-0.39, 0.29) is 5.69 Å². The van der Waals surface area contributed by atoms with Crippen LogP contribution in [-0.2, 0) is 0 Å². The maximum absolute atomic E-state index is 10.5. The van der Waals surface area contributed by atoms with Crippen LogP contribution in [0.3, 0.4) is 0 Å². The predicted molar refractivity (Wildman–Crippen MR) is 60.5 cm³/mol. The van der Waals surface area contributed by atoms with Crippen molar-refractivity contribution in [3.8, 4) is 0 Å². The Balaban J connectivity index is 2.48. The molecule has 0 aliphatic carbocycles. The first-order valence-corrected chi connectivity index (χ1v) is 6.25. The third-order valence-electron chi connectivity index (χ3n) is 1.67. The molecular formula is C8H12N2O2S2. The number of carboxylic acids is 1. The number of hydrogen-bond acceptors (Lipinski definition) is 5. The quantitative estimate of drug-likeness (QED) is 0.813. The van der Waals surface area contributed by atoms with Crippen LogP contribution >= 0.6 is 23.1 Å². The second-order valence-corrected chi connectivity index (χ2v) is 4.90. The average Bonchev–Trinajstić information content (AvgIpc) is 2.62. The third kappa shape index (κ3) is 3.19. The van der Waals surface area contributed by atoms with Gasteiger partial charge >= 0.3 is 5.97 Å². The molecule has 0 aliphatic heterocycles. The Kier molecular flexibility index (Phi) is 4.21. The highest BCUT2D eigenvalue weighted by Crippen LogP contribution is 2.16. The molecular weight excluding hydrogens is 220 g/mol. The Hall–Kier alpha value is -0.750. The highest BCUT2D eigenvalue weighted by Gasteiger charge is 2.08. The van der Waals surface area contributed by atoms with Crippen LogP contribution < -0.4 is 5.32 Å². The molecule has 1 heterocycles. The molecule has 2 N–H and O–H groups in total. The van der Waals surface area contributed by atoms with Crippen LogP contribution in [-0.4, -0.2) is 34.1 Å². The van der Waals surface area contributed by atoms with Gasteiger partial charge in [0.25, 0.3) is 0 Å². The summed E-state index contributed by atoms with van der Waals surface area (Å²) in [6, 6.07) is 0. The fraction of sp³-hybridized carbons (Fsp3) is 0.500. The zero-order chi connectivity index (χ0) is 10.6. The molecule has 78 valence electrons. The summed E-state index contributed by atoms with van der Waals surface area (Å²) in [6.45, 7) is 2.90. The summed E-state index contributed by atoms with van der Waals surface area (Å²) in [5.74, 6) is -0.979. The van der Waals surface area contributed by atoms with E-state index in [9.17, 15) is 4.79 Å². The van der Waals surface area contributed by atoms with Gasteiger partial charge in [0.2, 0.25) is 0 Å². The topological polar surface area (TPSA) is 62.2 Å². The van der Waals surface area contributed by atoms with Crippen molar-refractivity contribution in [3.05, 3.63) is 11.1 Å². The average molecular weight is 232 g/mol. The number of anilines is 1. The van der Waals surface area contributed by atoms with E-state index >= 15 is 0 Å². The van der Waals surface area contributed by atoms with Crippen molar-refractivity contribution in [1.29, 1.82) is 0 Å². The molecule has 0 fully saturated rings. The van der Waals surface area contributed by atoms with Gasteiger partial charge in [0.15, 0.2) is 10.8 Å². The lowest BCUT2D eigenvalue weighted by molar-refractivity contribution is 0.0691. The molecule has 0 saturated heterocycles. The first kappa shape index (κ1) is 11.3. The van der Waals surface area contributed by atoms with E-state index in [1.54, 1.807) is 11.8 Å². The largest absolute Gasteiger partial charge is 0.476 e. The van der Waals surface area contributed by atoms with Gasteiger partial charge in [-0.2, -0.15) is 11.8 Å². The molecule has 1 unspecified atom stereocenters. The predicted octanol–water partition coefficient (Wildman–Crippen LogP) is 2.00. The Morgan fingerprint density at radius 3 is 3.07 bits per heavy atom. The molecule has 0 saturated carbocycles. The number of nitrogens with zero attached hydrogens (tertiary/aromatic N) is 1. The molecule has 0 aromatic carbocycles. The standard InChI is InChI=1S/C8H12N2O2S2/c1-5(13-2)3-9-8-10-6(4-14-8)7(11)12/h4-5H,3H2,1-2H3,(H,9,10)(H,11,12). The molecule has 0 spiro atoms. The van der Waals surface area contributed by atoms with Crippen molar-refractivity contribution in [2.45, 2.75) is 12.2 Å². The first-order chi connectivity index (χ1) is 6.63. The summed E-state index contributed by atoms with van der Waals surface area (Å²) in [5.41, 5.74) is 0.106. The highest BCUT2D eigenvalue weighted by atomic mass is 32.2. The van der Waals surface area contributed by atoms with Gasteiger partial charge in [0, 0.05) is 17.2 Å². The van der Waals surface area contributed by atoms with E-state index in [1.165, 1.54) is 16.7 Å². The number of carboxylic acid groups (broad SMARTS) is 1. The van der Waals surface area contributed by atoms with Gasteiger partial charge in [-0.15, -0.1) is 11.3 Å². The summed E-state index contributed by atoms with van der Waals surface area (Å²) in [4.78, 5) is 14.4. The maximum atomic E-state index is 10.5. The number of rotatable bonds is 5. The van der Waals surface area contributed by atoms with Crippen LogP contribution in [0.2, 0.25) is 0 Å². The van der Waals surface area contributed by atoms with E-state index in [0.29, 0.717) is 10.4 Å². The number of thioether (sulfide) groups is 1. The maximum Gasteiger partial charge on any atom is 0.355 e. The minimum Gasteiger partial charge on any atom is -0.476 e. The molecule has 4 nitrogen and oxygen atoms in total. The Morgan fingerprint density at radius 1 is 1.86 bits per heavy atom. The van der Waals surface area contributed by atoms with E-state index in [4.69, 9.17) is 5.11 Å². The monoisotopic (exact) mass is 232 g/mol. The fourth-order valence-electron chi connectivity index (χ4n) is 0.768. The van der Waals surface area contributed by atoms with E-state index in [1.807, 2.05) is 6.26 Å². The summed E-state index contributed by atoms with van der Waals surface area (Å²) < 4.78 is 0. The highest BCUT2D eigenvalue weighted by molar-refractivity contribution is 7.99. The Labute approximate surface area is 90.7 Å². The zero-order valence-corrected chi connectivity index (χ0v) is 9.61. The number of aromatic carboxylic acids is 1. The molecule has 1 atom stereocenters. The van der Waals surface area contributed by atoms with Crippen molar-refractivity contribution in [2.24, 2.45) is 0 Å². The van der Waals surface area contributed by atoms with Crippen LogP contribution in [0.5, 0.6) is 0 Å². The molecule has 1 aromatic rings. The lowest BCUT2D eigenvalue weighted by atomic mass is 10.5. The van der Waals surface area contributed by atoms with E-state index < -0.39 is 5.97 Å². The summed E-state index contributed by atoms with van der Waals surface area (Å²) in [6.07, 6.45) is 2.04. The van der Waals surface area contributed by atoms with E-state index in [0.717, 1.165) is 6.54 Å². The molecule has 0 bridgehead atoms. The molecule has 1 rings (SSSR count). The van der Waals surface area contributed by atoms with Crippen molar-refractivity contribution in [1.82, 2.24) is 4.98 Å². The minimum atomic E-state index is -0.979. The lowest BCUT2D eigenvalue weighted by Crippen LogP contribution is -2.12. The molecule has 0 amide bonds. The second-order valence-electron chi connectivity index (χ2n) is 2.77. The molecule has 14 heavy (non-hydrogen) atoms. The molecule has 1 aromatic heterocycles. The normalized spacial score (nSPS) is 12.4. The van der Waals surface area contributed by atoms with Gasteiger partial charge in [0.1, 0.15) is 0 Å². The van der Waals surface area contributed by atoms with Crippen LogP contribution in [0.1, 0.15) is 17.4 Å². The number of nitrogens with one attached hydrogen (secondary N) is 1. The zero-order valence-electron chi connectivity index (χ0n) is 7.98. The summed E-state index contributed by atoms with van der Waals surface area (Å²) in [7, 11) is 0. The van der Waals surface area contributed by atoms with Crippen LogP contribution in [0.4, 0.5) is 5.13 Å². The van der Waals surface area contributed by atoms with Gasteiger partial charge < -0.3 is 10.4 Å². The molecule has 6 heteroatoms. The van der Waals surface area contributed by atoms with E-state index in [2.05, 4.69) is 17.2 Å². The number of thiazole rings is 1. The number of aromatic nitrogens is 1. The second kappa shape index (κ2) is 5.21. The van der Waals surface area contributed by atoms with Gasteiger partial charge in [0.05, 0.1) is 0 Å². The third-order valence-corrected chi connectivity index (χ3v) is 3.44. The van der Waals surface area contributed by atoms with Crippen molar-refractivity contribution >= 4 is 34.2 Å². The molecule has 0 radical (unpaired) electrons. The number of hydrogen-bond donors (Lipinski definition) is 2. The lowest BCUT2D eigenvalue weighted by Gasteiger charge is -2.07. The Bertz CT molecular complexity index is 314. The number of carbonyl (C=O) groups is 1. The van der Waals surface area contributed by atoms with Gasteiger partial charge in [-0.25, -0.2) is 9.78 Å². The van der Waals surface area contributed by atoms with Gasteiger partial charge in [-0.05, 0) is 6.26 Å². The summed E-state index contributed by atoms with van der Waals surface area (Å²) >= 11 is 3.07. The van der Waals surface area contributed by atoms with Crippen LogP contribution in [0.15, 0.2) is 5.38 Å². The minimum absolute atomic E-state index is 0.106. The van der Waals surface area contributed by atoms with Crippen molar-refractivity contribution in [3.63, 3.8) is 0 Å². The smallest absolute Gasteiger partial charge is 0.355 e. The van der Waals surface area contributed by atoms with Gasteiger partial charge in [-0.3, -0.25) is 0 Å².